The number of fused-ring (bicyclic) bond motifs is 4. The fourth-order valence-electron chi connectivity index (χ4n) is 3.81. The molecule has 0 aliphatic rings. The number of para-hydroxylation sites is 2. The maximum atomic E-state index is 6.19. The number of nitrogens with zero attached hydrogens (tertiary/aromatic N) is 3. The van der Waals surface area contributed by atoms with Crippen molar-refractivity contribution < 1.29 is 4.42 Å². The maximum absolute atomic E-state index is 6.19. The van der Waals surface area contributed by atoms with Gasteiger partial charge in [-0.2, -0.15) is 0 Å². The Kier molecular flexibility index (Phi) is 3.16. The van der Waals surface area contributed by atoms with E-state index in [1.807, 2.05) is 12.1 Å². The molecule has 0 spiro atoms. The second kappa shape index (κ2) is 5.43. The van der Waals surface area contributed by atoms with Crippen molar-refractivity contribution in [3.63, 3.8) is 0 Å². The fraction of sp³-hybridized carbons (Fsp3) is 0.182. The van der Waals surface area contributed by atoms with Gasteiger partial charge in [-0.25, -0.2) is 9.97 Å². The number of aromatic nitrogens is 3. The Bertz CT molecular complexity index is 1280. The van der Waals surface area contributed by atoms with Crippen LogP contribution in [0.2, 0.25) is 0 Å². The molecule has 0 fully saturated rings. The smallest absolute Gasteiger partial charge is 0.227 e. The first kappa shape index (κ1) is 15.1. The van der Waals surface area contributed by atoms with E-state index in [1.165, 1.54) is 5.56 Å². The van der Waals surface area contributed by atoms with Gasteiger partial charge in [0.1, 0.15) is 11.4 Å². The van der Waals surface area contributed by atoms with Gasteiger partial charge in [0.05, 0.1) is 16.6 Å². The van der Waals surface area contributed by atoms with Gasteiger partial charge in [0.25, 0.3) is 0 Å². The van der Waals surface area contributed by atoms with Crippen molar-refractivity contribution in [2.75, 3.05) is 0 Å². The highest BCUT2D eigenvalue weighted by Gasteiger charge is 2.20. The molecule has 0 bridgehead atoms. The van der Waals surface area contributed by atoms with E-state index < -0.39 is 0 Å². The zero-order valence-electron chi connectivity index (χ0n) is 15.0. The lowest BCUT2D eigenvalue weighted by Crippen LogP contribution is -2.03. The first-order chi connectivity index (χ1) is 12.6. The van der Waals surface area contributed by atoms with Gasteiger partial charge in [0.15, 0.2) is 0 Å². The molecule has 0 atom stereocenters. The summed E-state index contributed by atoms with van der Waals surface area (Å²) in [5.74, 6) is 0.935. The number of furan rings is 1. The molecule has 0 aliphatic heterocycles. The van der Waals surface area contributed by atoms with Crippen molar-refractivity contribution >= 4 is 33.1 Å². The first-order valence-corrected chi connectivity index (χ1v) is 8.89. The summed E-state index contributed by atoms with van der Waals surface area (Å²) in [5, 5.41) is 2.17. The minimum Gasteiger partial charge on any atom is -0.437 e. The third-order valence-electron chi connectivity index (χ3n) is 4.96. The van der Waals surface area contributed by atoms with Crippen molar-refractivity contribution in [2.45, 2.75) is 26.8 Å². The van der Waals surface area contributed by atoms with Crippen LogP contribution in [0.25, 0.3) is 44.5 Å². The van der Waals surface area contributed by atoms with Crippen molar-refractivity contribution in [1.29, 1.82) is 0 Å². The normalized spacial score (nSPS) is 12.0. The molecular weight excluding hydrogens is 322 g/mol. The lowest BCUT2D eigenvalue weighted by molar-refractivity contribution is 0.621. The lowest BCUT2D eigenvalue weighted by atomic mass is 10.0. The second-order valence-corrected chi connectivity index (χ2v) is 6.98. The Labute approximate surface area is 151 Å². The van der Waals surface area contributed by atoms with Crippen LogP contribution in [0, 0.1) is 6.92 Å². The standard InChI is InChI=1S/C22H19N3O/c1-13(2)25-18-9-5-4-8-17(18)24-21(25)16-11-10-14(3)19-15-7-6-12-23-22(15)26-20(16)19/h4-13H,1-3H3. The Hall–Kier alpha value is -3.14. The van der Waals surface area contributed by atoms with Crippen LogP contribution < -0.4 is 0 Å². The summed E-state index contributed by atoms with van der Waals surface area (Å²) in [6.45, 7) is 6.48. The predicted molar refractivity (Wildman–Crippen MR) is 105 cm³/mol. The van der Waals surface area contributed by atoms with E-state index in [-0.39, 0.29) is 6.04 Å². The molecule has 0 radical (unpaired) electrons. The number of aryl methyl sites for hydroxylation is 1. The molecule has 0 aliphatic carbocycles. The molecule has 2 aromatic carbocycles. The Morgan fingerprint density at radius 1 is 1.00 bits per heavy atom. The maximum Gasteiger partial charge on any atom is 0.227 e. The largest absolute Gasteiger partial charge is 0.437 e. The van der Waals surface area contributed by atoms with Crippen molar-refractivity contribution in [1.82, 2.24) is 14.5 Å². The van der Waals surface area contributed by atoms with Crippen LogP contribution in [0.3, 0.4) is 0 Å². The van der Waals surface area contributed by atoms with Crippen LogP contribution in [0.1, 0.15) is 25.5 Å². The highest BCUT2D eigenvalue weighted by molar-refractivity contribution is 6.10. The number of hydrogen-bond acceptors (Lipinski definition) is 3. The minimum atomic E-state index is 0.288. The number of rotatable bonds is 2. The molecule has 3 heterocycles. The number of hydrogen-bond donors (Lipinski definition) is 0. The molecule has 0 saturated heterocycles. The number of pyridine rings is 1. The quantitative estimate of drug-likeness (QED) is 0.402. The summed E-state index contributed by atoms with van der Waals surface area (Å²) >= 11 is 0. The lowest BCUT2D eigenvalue weighted by Gasteiger charge is -2.13. The molecule has 128 valence electrons. The van der Waals surface area contributed by atoms with Gasteiger partial charge in [0.2, 0.25) is 5.71 Å². The van der Waals surface area contributed by atoms with E-state index in [0.717, 1.165) is 38.8 Å². The van der Waals surface area contributed by atoms with Crippen LogP contribution in [-0.4, -0.2) is 14.5 Å². The summed E-state index contributed by atoms with van der Waals surface area (Å²) < 4.78 is 8.46. The molecule has 4 heteroatoms. The fourth-order valence-corrected chi connectivity index (χ4v) is 3.81. The predicted octanol–water partition coefficient (Wildman–Crippen LogP) is 5.89. The third kappa shape index (κ3) is 2.02. The van der Waals surface area contributed by atoms with E-state index in [4.69, 9.17) is 9.40 Å². The monoisotopic (exact) mass is 341 g/mol. The van der Waals surface area contributed by atoms with Crippen LogP contribution in [0.15, 0.2) is 59.1 Å². The van der Waals surface area contributed by atoms with Crippen LogP contribution in [-0.2, 0) is 0 Å². The average molecular weight is 341 g/mol. The zero-order chi connectivity index (χ0) is 17.8. The second-order valence-electron chi connectivity index (χ2n) is 6.98. The minimum absolute atomic E-state index is 0.288. The zero-order valence-corrected chi connectivity index (χ0v) is 15.0. The van der Waals surface area contributed by atoms with Gasteiger partial charge in [-0.3, -0.25) is 0 Å². The first-order valence-electron chi connectivity index (χ1n) is 8.89. The van der Waals surface area contributed by atoms with E-state index >= 15 is 0 Å². The number of benzene rings is 2. The van der Waals surface area contributed by atoms with Crippen molar-refractivity contribution in [3.05, 3.63) is 60.3 Å². The molecule has 0 N–H and O–H groups in total. The number of imidazole rings is 1. The molecule has 0 unspecified atom stereocenters. The van der Waals surface area contributed by atoms with E-state index in [0.29, 0.717) is 5.71 Å². The van der Waals surface area contributed by atoms with Crippen molar-refractivity contribution in [3.8, 4) is 11.4 Å². The van der Waals surface area contributed by atoms with Gasteiger partial charge in [-0.1, -0.05) is 18.2 Å². The highest BCUT2D eigenvalue weighted by Crippen LogP contribution is 2.38. The van der Waals surface area contributed by atoms with Gasteiger partial charge in [-0.05, 0) is 56.7 Å². The Morgan fingerprint density at radius 2 is 1.85 bits per heavy atom. The Balaban J connectivity index is 1.93. The van der Waals surface area contributed by atoms with Crippen LogP contribution in [0.4, 0.5) is 0 Å². The average Bonchev–Trinajstić information content (AvgIpc) is 3.21. The summed E-state index contributed by atoms with van der Waals surface area (Å²) in [6.07, 6.45) is 1.77. The highest BCUT2D eigenvalue weighted by atomic mass is 16.3. The molecule has 26 heavy (non-hydrogen) atoms. The van der Waals surface area contributed by atoms with Gasteiger partial charge < -0.3 is 8.98 Å². The molecule has 5 rings (SSSR count). The molecule has 0 amide bonds. The van der Waals surface area contributed by atoms with Gasteiger partial charge in [-0.15, -0.1) is 0 Å². The molecule has 5 aromatic rings. The Morgan fingerprint density at radius 3 is 2.69 bits per heavy atom. The summed E-state index contributed by atoms with van der Waals surface area (Å²) in [6, 6.07) is 16.8. The van der Waals surface area contributed by atoms with Crippen LogP contribution >= 0.6 is 0 Å². The molecule has 4 nitrogen and oxygen atoms in total. The molecular formula is C22H19N3O. The van der Waals surface area contributed by atoms with Crippen molar-refractivity contribution in [2.24, 2.45) is 0 Å². The topological polar surface area (TPSA) is 43.9 Å². The van der Waals surface area contributed by atoms with E-state index in [1.54, 1.807) is 6.20 Å². The SMILES string of the molecule is Cc1ccc(-c2nc3ccccc3n2C(C)C)c2oc3ncccc3c12. The van der Waals surface area contributed by atoms with E-state index in [2.05, 4.69) is 66.7 Å². The van der Waals surface area contributed by atoms with E-state index in [9.17, 15) is 0 Å². The summed E-state index contributed by atoms with van der Waals surface area (Å²) in [5.41, 5.74) is 5.86. The van der Waals surface area contributed by atoms with Gasteiger partial charge in [0, 0.05) is 23.0 Å². The van der Waals surface area contributed by atoms with Crippen LogP contribution in [0.5, 0.6) is 0 Å². The summed E-state index contributed by atoms with van der Waals surface area (Å²) in [4.78, 5) is 9.34. The third-order valence-corrected chi connectivity index (χ3v) is 4.96. The molecule has 3 aromatic heterocycles. The summed E-state index contributed by atoms with van der Waals surface area (Å²) in [7, 11) is 0. The van der Waals surface area contributed by atoms with Gasteiger partial charge >= 0.3 is 0 Å². The molecule has 0 saturated carbocycles.